The van der Waals surface area contributed by atoms with Crippen LogP contribution in [0.3, 0.4) is 0 Å². The van der Waals surface area contributed by atoms with Crippen LogP contribution in [-0.4, -0.2) is 14.8 Å². The molecular weight excluding hydrogens is 256 g/mol. The lowest BCUT2D eigenvalue weighted by molar-refractivity contribution is 0.591. The second-order valence-corrected chi connectivity index (χ2v) is 5.94. The lowest BCUT2D eigenvalue weighted by Crippen LogP contribution is -2.02. The highest BCUT2D eigenvalue weighted by Gasteiger charge is 2.16. The van der Waals surface area contributed by atoms with Gasteiger partial charge in [0.05, 0.1) is 0 Å². The maximum Gasteiger partial charge on any atom is 0.196 e. The third-order valence-electron chi connectivity index (χ3n) is 3.60. The van der Waals surface area contributed by atoms with Crippen LogP contribution < -0.4 is 5.73 Å². The standard InChI is InChI=1S/C14H18N4S/c1-10-11(15)6-5-7-12(10)19-14-17-16-13-8-3-2-4-9-18(13)14/h5-7H,2-4,8-9,15H2,1H3. The quantitative estimate of drug-likeness (QED) is 0.855. The molecule has 0 amide bonds. The van der Waals surface area contributed by atoms with Crippen molar-refractivity contribution in [2.45, 2.75) is 49.2 Å². The Labute approximate surface area is 117 Å². The van der Waals surface area contributed by atoms with Crippen LogP contribution in [0.4, 0.5) is 5.69 Å². The first-order valence-corrected chi connectivity index (χ1v) is 7.52. The maximum absolute atomic E-state index is 5.96. The van der Waals surface area contributed by atoms with E-state index in [2.05, 4.69) is 27.8 Å². The number of nitrogen functional groups attached to an aromatic ring is 1. The first kappa shape index (κ1) is 12.5. The lowest BCUT2D eigenvalue weighted by atomic mass is 10.2. The Hall–Kier alpha value is -1.49. The summed E-state index contributed by atoms with van der Waals surface area (Å²) in [6, 6.07) is 6.02. The average Bonchev–Trinajstić information content (AvgIpc) is 2.63. The number of benzene rings is 1. The van der Waals surface area contributed by atoms with Crippen molar-refractivity contribution in [1.29, 1.82) is 0 Å². The van der Waals surface area contributed by atoms with Gasteiger partial charge in [0.2, 0.25) is 0 Å². The molecule has 5 heteroatoms. The third kappa shape index (κ3) is 2.47. The van der Waals surface area contributed by atoms with Crippen molar-refractivity contribution in [2.75, 3.05) is 5.73 Å². The van der Waals surface area contributed by atoms with Crippen molar-refractivity contribution in [2.24, 2.45) is 0 Å². The number of hydrogen-bond acceptors (Lipinski definition) is 4. The second-order valence-electron chi connectivity index (χ2n) is 4.93. The number of nitrogens with zero attached hydrogens (tertiary/aromatic N) is 3. The van der Waals surface area contributed by atoms with Gasteiger partial charge in [-0.25, -0.2) is 0 Å². The van der Waals surface area contributed by atoms with E-state index < -0.39 is 0 Å². The molecule has 19 heavy (non-hydrogen) atoms. The van der Waals surface area contributed by atoms with Gasteiger partial charge in [0, 0.05) is 23.5 Å². The summed E-state index contributed by atoms with van der Waals surface area (Å²) in [4.78, 5) is 1.17. The number of aromatic nitrogens is 3. The van der Waals surface area contributed by atoms with E-state index in [0.717, 1.165) is 35.2 Å². The van der Waals surface area contributed by atoms with Crippen LogP contribution in [0.25, 0.3) is 0 Å². The van der Waals surface area contributed by atoms with Crippen LogP contribution in [0.1, 0.15) is 30.7 Å². The highest BCUT2D eigenvalue weighted by atomic mass is 32.2. The summed E-state index contributed by atoms with van der Waals surface area (Å²) in [7, 11) is 0. The van der Waals surface area contributed by atoms with Gasteiger partial charge in [0.25, 0.3) is 0 Å². The molecule has 0 radical (unpaired) electrons. The number of hydrogen-bond donors (Lipinski definition) is 1. The van der Waals surface area contributed by atoms with E-state index in [4.69, 9.17) is 5.73 Å². The second kappa shape index (κ2) is 5.25. The smallest absolute Gasteiger partial charge is 0.196 e. The van der Waals surface area contributed by atoms with Crippen LogP contribution in [0.2, 0.25) is 0 Å². The Bertz CT molecular complexity index is 591. The summed E-state index contributed by atoms with van der Waals surface area (Å²) < 4.78 is 2.26. The van der Waals surface area contributed by atoms with Crippen LogP contribution in [0, 0.1) is 6.92 Å². The maximum atomic E-state index is 5.96. The summed E-state index contributed by atoms with van der Waals surface area (Å²) >= 11 is 1.67. The number of aryl methyl sites for hydroxylation is 1. The molecule has 4 nitrogen and oxygen atoms in total. The van der Waals surface area contributed by atoms with E-state index in [1.807, 2.05) is 12.1 Å². The van der Waals surface area contributed by atoms with Crippen molar-refractivity contribution in [1.82, 2.24) is 14.8 Å². The molecule has 1 aromatic heterocycles. The topological polar surface area (TPSA) is 56.7 Å². The molecule has 2 heterocycles. The minimum atomic E-state index is 0.834. The molecule has 0 aliphatic carbocycles. The van der Waals surface area contributed by atoms with Gasteiger partial charge in [-0.2, -0.15) is 0 Å². The van der Waals surface area contributed by atoms with Gasteiger partial charge in [-0.3, -0.25) is 0 Å². The average molecular weight is 274 g/mol. The van der Waals surface area contributed by atoms with Gasteiger partial charge in [0.1, 0.15) is 5.82 Å². The number of rotatable bonds is 2. The van der Waals surface area contributed by atoms with Crippen molar-refractivity contribution in [3.63, 3.8) is 0 Å². The molecule has 3 rings (SSSR count). The first-order valence-electron chi connectivity index (χ1n) is 6.71. The molecular formula is C14H18N4S. The molecule has 0 atom stereocenters. The zero-order valence-electron chi connectivity index (χ0n) is 11.1. The van der Waals surface area contributed by atoms with E-state index in [0.29, 0.717) is 0 Å². The van der Waals surface area contributed by atoms with Gasteiger partial charge in [-0.05, 0) is 49.2 Å². The third-order valence-corrected chi connectivity index (χ3v) is 4.75. The molecule has 0 bridgehead atoms. The Morgan fingerprint density at radius 2 is 2.11 bits per heavy atom. The van der Waals surface area contributed by atoms with E-state index in [1.54, 1.807) is 11.8 Å². The monoisotopic (exact) mass is 274 g/mol. The predicted molar refractivity (Wildman–Crippen MR) is 77.3 cm³/mol. The van der Waals surface area contributed by atoms with Crippen LogP contribution >= 0.6 is 11.8 Å². The van der Waals surface area contributed by atoms with E-state index in [-0.39, 0.29) is 0 Å². The van der Waals surface area contributed by atoms with Gasteiger partial charge in [-0.1, -0.05) is 12.5 Å². The SMILES string of the molecule is Cc1c(N)cccc1Sc1nnc2n1CCCCC2. The van der Waals surface area contributed by atoms with E-state index in [9.17, 15) is 0 Å². The number of nitrogens with two attached hydrogens (primary N) is 1. The summed E-state index contributed by atoms with van der Waals surface area (Å²) in [5.74, 6) is 1.13. The Balaban J connectivity index is 1.91. The van der Waals surface area contributed by atoms with Gasteiger partial charge < -0.3 is 10.3 Å². The molecule has 2 N–H and O–H groups in total. The van der Waals surface area contributed by atoms with E-state index >= 15 is 0 Å². The van der Waals surface area contributed by atoms with Crippen LogP contribution in [-0.2, 0) is 13.0 Å². The molecule has 1 aliphatic rings. The number of fused-ring (bicyclic) bond motifs is 1. The van der Waals surface area contributed by atoms with Gasteiger partial charge in [0.15, 0.2) is 5.16 Å². The molecule has 1 aromatic carbocycles. The summed E-state index contributed by atoms with van der Waals surface area (Å²) in [5.41, 5.74) is 7.91. The van der Waals surface area contributed by atoms with Crippen molar-refractivity contribution in [3.8, 4) is 0 Å². The minimum absolute atomic E-state index is 0.834. The number of anilines is 1. The van der Waals surface area contributed by atoms with Crippen molar-refractivity contribution < 1.29 is 0 Å². The molecule has 0 saturated heterocycles. The zero-order valence-corrected chi connectivity index (χ0v) is 11.9. The molecule has 1 aliphatic heterocycles. The first-order chi connectivity index (χ1) is 9.25. The molecule has 2 aromatic rings. The Morgan fingerprint density at radius 1 is 1.21 bits per heavy atom. The molecule has 0 spiro atoms. The zero-order chi connectivity index (χ0) is 13.2. The van der Waals surface area contributed by atoms with Crippen LogP contribution in [0.5, 0.6) is 0 Å². The molecule has 0 unspecified atom stereocenters. The summed E-state index contributed by atoms with van der Waals surface area (Å²) in [6.07, 6.45) is 4.77. The normalized spacial score (nSPS) is 15.0. The molecule has 0 fully saturated rings. The highest BCUT2D eigenvalue weighted by Crippen LogP contribution is 2.32. The van der Waals surface area contributed by atoms with Crippen molar-refractivity contribution in [3.05, 3.63) is 29.6 Å². The lowest BCUT2D eigenvalue weighted by Gasteiger charge is -2.09. The van der Waals surface area contributed by atoms with E-state index in [1.165, 1.54) is 24.2 Å². The largest absolute Gasteiger partial charge is 0.398 e. The minimum Gasteiger partial charge on any atom is -0.398 e. The Kier molecular flexibility index (Phi) is 3.46. The fourth-order valence-corrected chi connectivity index (χ4v) is 3.38. The van der Waals surface area contributed by atoms with Gasteiger partial charge >= 0.3 is 0 Å². The fourth-order valence-electron chi connectivity index (χ4n) is 2.37. The summed E-state index contributed by atoms with van der Waals surface area (Å²) in [5, 5.41) is 9.66. The highest BCUT2D eigenvalue weighted by molar-refractivity contribution is 7.99. The molecule has 0 saturated carbocycles. The van der Waals surface area contributed by atoms with Crippen molar-refractivity contribution >= 4 is 17.4 Å². The van der Waals surface area contributed by atoms with Gasteiger partial charge in [-0.15, -0.1) is 10.2 Å². The Morgan fingerprint density at radius 3 is 3.00 bits per heavy atom. The molecule has 100 valence electrons. The fraction of sp³-hybridized carbons (Fsp3) is 0.429. The predicted octanol–water partition coefficient (Wildman–Crippen LogP) is 3.05. The van der Waals surface area contributed by atoms with Crippen LogP contribution in [0.15, 0.2) is 28.3 Å². The summed E-state index contributed by atoms with van der Waals surface area (Å²) in [6.45, 7) is 3.09.